The first-order valence-electron chi connectivity index (χ1n) is 5.23. The van der Waals surface area contributed by atoms with Gasteiger partial charge in [0.25, 0.3) is 0 Å². The number of rotatable bonds is 9. The van der Waals surface area contributed by atoms with E-state index in [9.17, 15) is 0 Å². The van der Waals surface area contributed by atoms with E-state index < -0.39 is 0 Å². The zero-order valence-electron chi connectivity index (χ0n) is 8.44. The van der Waals surface area contributed by atoms with Crippen molar-refractivity contribution in [2.24, 2.45) is 0 Å². The van der Waals surface area contributed by atoms with Gasteiger partial charge in [0.2, 0.25) is 0 Å². The molecule has 0 rings (SSSR count). The van der Waals surface area contributed by atoms with Crippen LogP contribution in [0.3, 0.4) is 0 Å². The molecule has 72 valence electrons. The van der Waals surface area contributed by atoms with Gasteiger partial charge in [0.05, 0.1) is 0 Å². The monoisotopic (exact) mass is 169 g/mol. The molecule has 1 N–H and O–H groups in total. The maximum Gasteiger partial charge on any atom is -0.00490 e. The smallest absolute Gasteiger partial charge is 0.00490 e. The second-order valence-corrected chi connectivity index (χ2v) is 3.20. The molecule has 0 fully saturated rings. The Kier molecular flexibility index (Phi) is 10.4. The first kappa shape index (κ1) is 11.7. The Morgan fingerprint density at radius 2 is 1.75 bits per heavy atom. The van der Waals surface area contributed by atoms with Crippen molar-refractivity contribution in [3.05, 3.63) is 12.7 Å². The van der Waals surface area contributed by atoms with E-state index in [0.29, 0.717) is 0 Å². The normalized spacial score (nSPS) is 10.1. The lowest BCUT2D eigenvalue weighted by Gasteiger charge is -2.00. The molecule has 12 heavy (non-hydrogen) atoms. The zero-order chi connectivity index (χ0) is 9.07. The van der Waals surface area contributed by atoms with Crippen molar-refractivity contribution in [1.82, 2.24) is 5.32 Å². The van der Waals surface area contributed by atoms with Crippen molar-refractivity contribution in [2.45, 2.75) is 45.4 Å². The number of nitrogens with one attached hydrogen (secondary N) is 1. The lowest BCUT2D eigenvalue weighted by atomic mass is 10.1. The fraction of sp³-hybridized carbons (Fsp3) is 0.818. The van der Waals surface area contributed by atoms with E-state index >= 15 is 0 Å². The van der Waals surface area contributed by atoms with Gasteiger partial charge in [-0.25, -0.2) is 0 Å². The molecule has 0 saturated carbocycles. The highest BCUT2D eigenvalue weighted by Crippen LogP contribution is 2.04. The van der Waals surface area contributed by atoms with E-state index in [1.807, 2.05) is 6.08 Å². The van der Waals surface area contributed by atoms with E-state index in [2.05, 4.69) is 18.8 Å². The molecule has 0 aliphatic heterocycles. The number of hydrogen-bond donors (Lipinski definition) is 1. The molecule has 0 bridgehead atoms. The van der Waals surface area contributed by atoms with Crippen molar-refractivity contribution < 1.29 is 0 Å². The second-order valence-electron chi connectivity index (χ2n) is 3.20. The fourth-order valence-corrected chi connectivity index (χ4v) is 1.25. The van der Waals surface area contributed by atoms with Crippen molar-refractivity contribution in [2.75, 3.05) is 13.1 Å². The maximum absolute atomic E-state index is 3.71. The summed E-state index contributed by atoms with van der Waals surface area (Å²) in [7, 11) is 0. The van der Waals surface area contributed by atoms with Gasteiger partial charge in [-0.15, -0.1) is 6.58 Å². The summed E-state index contributed by atoms with van der Waals surface area (Å²) in [6.45, 7) is 8.17. The Hall–Kier alpha value is -0.300. The molecule has 0 spiro atoms. The van der Waals surface area contributed by atoms with Crippen LogP contribution in [0.5, 0.6) is 0 Å². The molecule has 0 aromatic rings. The summed E-state index contributed by atoms with van der Waals surface area (Å²) in [4.78, 5) is 0. The SMILES string of the molecule is C=CCCCCCCCNCC. The third-order valence-corrected chi connectivity index (χ3v) is 2.01. The van der Waals surface area contributed by atoms with Crippen molar-refractivity contribution >= 4 is 0 Å². The molecule has 0 aromatic heterocycles. The van der Waals surface area contributed by atoms with Gasteiger partial charge < -0.3 is 5.32 Å². The van der Waals surface area contributed by atoms with Crippen molar-refractivity contribution in [3.8, 4) is 0 Å². The standard InChI is InChI=1S/C11H23N/c1-3-5-6-7-8-9-10-11-12-4-2/h3,12H,1,4-11H2,2H3. The molecule has 0 aliphatic carbocycles. The van der Waals surface area contributed by atoms with E-state index in [-0.39, 0.29) is 0 Å². The minimum Gasteiger partial charge on any atom is -0.317 e. The number of hydrogen-bond acceptors (Lipinski definition) is 1. The summed E-state index contributed by atoms with van der Waals surface area (Å²) in [5, 5.41) is 3.33. The molecule has 0 unspecified atom stereocenters. The lowest BCUT2D eigenvalue weighted by Crippen LogP contribution is -2.13. The molecule has 0 atom stereocenters. The summed E-state index contributed by atoms with van der Waals surface area (Å²) in [5.74, 6) is 0. The Balaban J connectivity index is 2.77. The van der Waals surface area contributed by atoms with Crippen LogP contribution in [0, 0.1) is 0 Å². The molecule has 0 aliphatic rings. The summed E-state index contributed by atoms with van der Waals surface area (Å²) < 4.78 is 0. The Labute approximate surface area is 77.2 Å². The molecular weight excluding hydrogens is 146 g/mol. The van der Waals surface area contributed by atoms with Gasteiger partial charge in [-0.3, -0.25) is 0 Å². The molecule has 0 heterocycles. The summed E-state index contributed by atoms with van der Waals surface area (Å²) in [5.41, 5.74) is 0. The van der Waals surface area contributed by atoms with Gasteiger partial charge >= 0.3 is 0 Å². The van der Waals surface area contributed by atoms with Gasteiger partial charge in [0.1, 0.15) is 0 Å². The second kappa shape index (κ2) is 10.7. The number of unbranched alkanes of at least 4 members (excludes halogenated alkanes) is 5. The van der Waals surface area contributed by atoms with Crippen molar-refractivity contribution in [1.29, 1.82) is 0 Å². The van der Waals surface area contributed by atoms with E-state index in [4.69, 9.17) is 0 Å². The van der Waals surface area contributed by atoms with Crippen LogP contribution in [0.1, 0.15) is 45.4 Å². The Morgan fingerprint density at radius 1 is 1.08 bits per heavy atom. The predicted octanol–water partition coefficient (Wildman–Crippen LogP) is 3.12. The van der Waals surface area contributed by atoms with Gasteiger partial charge in [0.15, 0.2) is 0 Å². The highest BCUT2D eigenvalue weighted by atomic mass is 14.8. The Morgan fingerprint density at radius 3 is 2.42 bits per heavy atom. The highest BCUT2D eigenvalue weighted by Gasteiger charge is 1.88. The van der Waals surface area contributed by atoms with Crippen molar-refractivity contribution in [3.63, 3.8) is 0 Å². The maximum atomic E-state index is 3.71. The van der Waals surface area contributed by atoms with Crippen LogP contribution in [-0.4, -0.2) is 13.1 Å². The lowest BCUT2D eigenvalue weighted by molar-refractivity contribution is 0.586. The van der Waals surface area contributed by atoms with E-state index in [1.165, 1.54) is 45.1 Å². The van der Waals surface area contributed by atoms with Crippen LogP contribution in [0.25, 0.3) is 0 Å². The average molecular weight is 169 g/mol. The van der Waals surface area contributed by atoms with Crippen LogP contribution in [0.15, 0.2) is 12.7 Å². The predicted molar refractivity (Wildman–Crippen MR) is 56.4 cm³/mol. The Bertz CT molecular complexity index is 89.0. The molecule has 0 amide bonds. The minimum atomic E-state index is 1.11. The van der Waals surface area contributed by atoms with Crippen LogP contribution in [0.4, 0.5) is 0 Å². The van der Waals surface area contributed by atoms with Crippen LogP contribution < -0.4 is 5.32 Å². The zero-order valence-corrected chi connectivity index (χ0v) is 8.44. The summed E-state index contributed by atoms with van der Waals surface area (Å²) in [6, 6.07) is 0. The number of allylic oxidation sites excluding steroid dienone is 1. The minimum absolute atomic E-state index is 1.11. The van der Waals surface area contributed by atoms with Crippen LogP contribution in [-0.2, 0) is 0 Å². The molecule has 0 saturated heterocycles. The largest absolute Gasteiger partial charge is 0.317 e. The van der Waals surface area contributed by atoms with Gasteiger partial charge in [-0.1, -0.05) is 32.3 Å². The molecule has 1 heteroatoms. The molecule has 0 radical (unpaired) electrons. The third kappa shape index (κ3) is 9.70. The first-order valence-corrected chi connectivity index (χ1v) is 5.23. The summed E-state index contributed by atoms with van der Waals surface area (Å²) in [6.07, 6.45) is 10.0. The highest BCUT2D eigenvalue weighted by molar-refractivity contribution is 4.65. The fourth-order valence-electron chi connectivity index (χ4n) is 1.25. The van der Waals surface area contributed by atoms with E-state index in [1.54, 1.807) is 0 Å². The first-order chi connectivity index (χ1) is 5.91. The van der Waals surface area contributed by atoms with E-state index in [0.717, 1.165) is 6.54 Å². The average Bonchev–Trinajstić information content (AvgIpc) is 2.10. The topological polar surface area (TPSA) is 12.0 Å². The summed E-state index contributed by atoms with van der Waals surface area (Å²) >= 11 is 0. The molecule has 0 aromatic carbocycles. The van der Waals surface area contributed by atoms with Gasteiger partial charge in [-0.05, 0) is 32.4 Å². The molecule has 1 nitrogen and oxygen atoms in total. The molecular formula is C11H23N. The van der Waals surface area contributed by atoms with Gasteiger partial charge in [-0.2, -0.15) is 0 Å². The quantitative estimate of drug-likeness (QED) is 0.413. The third-order valence-electron chi connectivity index (χ3n) is 2.01. The van der Waals surface area contributed by atoms with Crippen LogP contribution >= 0.6 is 0 Å². The van der Waals surface area contributed by atoms with Crippen LogP contribution in [0.2, 0.25) is 0 Å². The van der Waals surface area contributed by atoms with Gasteiger partial charge in [0, 0.05) is 0 Å².